The number of hydrogen-bond donors (Lipinski definition) is 0. The minimum Gasteiger partial charge on any atom is -0.283 e. The first-order valence-corrected chi connectivity index (χ1v) is 15.9. The zero-order valence-corrected chi connectivity index (χ0v) is 25.1. The van der Waals surface area contributed by atoms with Crippen molar-refractivity contribution in [1.82, 2.24) is 9.96 Å². The third-order valence-corrected chi connectivity index (χ3v) is 13.1. The number of allylic oxidation sites excluding steroid dienone is 2. The Bertz CT molecular complexity index is 1020. The molecule has 2 amide bonds. The molecule has 0 spiro atoms. The van der Waals surface area contributed by atoms with E-state index in [0.717, 1.165) is 48.9 Å². The summed E-state index contributed by atoms with van der Waals surface area (Å²) in [4.78, 5) is 33.7. The number of piperidine rings is 1. The van der Waals surface area contributed by atoms with Crippen LogP contribution in [0.25, 0.3) is 0 Å². The normalized spacial score (nSPS) is 46.8. The number of nitrogens with zero attached hydrogens (tertiary/aromatic N) is 2. The molecule has 10 atom stereocenters. The van der Waals surface area contributed by atoms with Gasteiger partial charge in [-0.25, -0.2) is 0 Å². The van der Waals surface area contributed by atoms with Crippen molar-refractivity contribution >= 4 is 11.8 Å². The van der Waals surface area contributed by atoms with Gasteiger partial charge in [-0.2, -0.15) is 0 Å². The monoisotopic (exact) mass is 524 g/mol. The molecule has 3 saturated heterocycles. The van der Waals surface area contributed by atoms with Crippen LogP contribution in [0, 0.1) is 52.3 Å². The van der Waals surface area contributed by atoms with Crippen molar-refractivity contribution in [3.8, 4) is 0 Å². The quantitative estimate of drug-likeness (QED) is 0.364. The molecule has 5 heteroatoms. The van der Waals surface area contributed by atoms with Gasteiger partial charge in [0.2, 0.25) is 5.91 Å². The Balaban J connectivity index is 1.26. The van der Waals surface area contributed by atoms with Gasteiger partial charge >= 0.3 is 0 Å². The van der Waals surface area contributed by atoms with Crippen molar-refractivity contribution in [3.63, 3.8) is 0 Å². The molecule has 3 aliphatic heterocycles. The lowest BCUT2D eigenvalue weighted by Crippen LogP contribution is -2.60. The largest absolute Gasteiger partial charge is 0.283 e. The van der Waals surface area contributed by atoms with Gasteiger partial charge in [0.15, 0.2) is 6.10 Å². The highest BCUT2D eigenvalue weighted by atomic mass is 16.7. The summed E-state index contributed by atoms with van der Waals surface area (Å²) >= 11 is 0. The molecule has 6 rings (SSSR count). The average Bonchev–Trinajstić information content (AvgIpc) is 3.29. The van der Waals surface area contributed by atoms with Crippen LogP contribution in [0.3, 0.4) is 0 Å². The van der Waals surface area contributed by atoms with Gasteiger partial charge < -0.3 is 0 Å². The number of carbonyl (C=O) groups excluding carboxylic acids is 2. The van der Waals surface area contributed by atoms with E-state index < -0.39 is 11.6 Å². The smallest absolute Gasteiger partial charge is 0.261 e. The van der Waals surface area contributed by atoms with E-state index in [1.54, 1.807) is 7.05 Å². The highest BCUT2D eigenvalue weighted by Crippen LogP contribution is 2.68. The molecule has 2 saturated carbocycles. The van der Waals surface area contributed by atoms with Gasteiger partial charge in [-0.15, -0.1) is 0 Å². The Kier molecular flexibility index (Phi) is 6.41. The number of rotatable bonds is 5. The summed E-state index contributed by atoms with van der Waals surface area (Å²) in [5.74, 6) is 4.10. The van der Waals surface area contributed by atoms with Crippen LogP contribution in [0.15, 0.2) is 11.8 Å². The number of amides is 2. The second kappa shape index (κ2) is 9.08. The SMILES string of the molecule is CC(C)CCCC(C)[C@H]1CCC[C@H]2[C@@H]3CC=C4N5OC6C(=O)N(C)C(=O)C6[C@]5(C)CC[C@]4(C)[C@H]3CC[C@]12C. The predicted octanol–water partition coefficient (Wildman–Crippen LogP) is 6.97. The van der Waals surface area contributed by atoms with E-state index in [9.17, 15) is 9.59 Å². The van der Waals surface area contributed by atoms with Crippen LogP contribution in [0.5, 0.6) is 0 Å². The molecule has 38 heavy (non-hydrogen) atoms. The lowest BCUT2D eigenvalue weighted by Gasteiger charge is -2.64. The molecule has 212 valence electrons. The zero-order valence-electron chi connectivity index (χ0n) is 25.1. The lowest BCUT2D eigenvalue weighted by atomic mass is 9.43. The van der Waals surface area contributed by atoms with E-state index in [-0.39, 0.29) is 23.1 Å². The fourth-order valence-corrected chi connectivity index (χ4v) is 10.9. The van der Waals surface area contributed by atoms with Gasteiger partial charge in [0.1, 0.15) is 5.92 Å². The second-order valence-corrected chi connectivity index (χ2v) is 15.4. The first kappa shape index (κ1) is 26.8. The minimum absolute atomic E-state index is 0.0629. The number of likely N-dealkylation sites (N-methyl/N-ethyl adjacent to an activating group) is 1. The van der Waals surface area contributed by atoms with Crippen LogP contribution >= 0.6 is 0 Å². The average molecular weight is 525 g/mol. The zero-order chi connectivity index (χ0) is 27.2. The molecule has 0 aromatic heterocycles. The maximum atomic E-state index is 13.1. The van der Waals surface area contributed by atoms with Crippen LogP contribution in [0.4, 0.5) is 0 Å². The van der Waals surface area contributed by atoms with E-state index in [2.05, 4.69) is 52.7 Å². The van der Waals surface area contributed by atoms with Crippen LogP contribution in [0.1, 0.15) is 112 Å². The van der Waals surface area contributed by atoms with Gasteiger partial charge in [0, 0.05) is 18.2 Å². The molecular weight excluding hydrogens is 472 g/mol. The molecule has 0 aromatic rings. The van der Waals surface area contributed by atoms with Crippen LogP contribution < -0.4 is 0 Å². The van der Waals surface area contributed by atoms with Gasteiger partial charge in [0.05, 0.1) is 5.54 Å². The van der Waals surface area contributed by atoms with Gasteiger partial charge in [0.25, 0.3) is 5.91 Å². The van der Waals surface area contributed by atoms with E-state index in [1.807, 2.05) is 0 Å². The first-order chi connectivity index (χ1) is 17.9. The van der Waals surface area contributed by atoms with Gasteiger partial charge in [-0.3, -0.25) is 24.4 Å². The topological polar surface area (TPSA) is 49.9 Å². The summed E-state index contributed by atoms with van der Waals surface area (Å²) in [7, 11) is 1.61. The summed E-state index contributed by atoms with van der Waals surface area (Å²) < 4.78 is 0. The predicted molar refractivity (Wildman–Crippen MR) is 149 cm³/mol. The van der Waals surface area contributed by atoms with Gasteiger partial charge in [-0.05, 0) is 92.8 Å². The van der Waals surface area contributed by atoms with Crippen molar-refractivity contribution in [1.29, 1.82) is 0 Å². The Morgan fingerprint density at radius 1 is 0.974 bits per heavy atom. The molecule has 6 aliphatic rings. The highest BCUT2D eigenvalue weighted by Gasteiger charge is 2.69. The Morgan fingerprint density at radius 2 is 1.74 bits per heavy atom. The third-order valence-electron chi connectivity index (χ3n) is 13.1. The van der Waals surface area contributed by atoms with Crippen molar-refractivity contribution in [2.75, 3.05) is 7.05 Å². The second-order valence-electron chi connectivity index (χ2n) is 15.4. The standard InChI is InChI=1S/C33H52N2O3/c1-20(2)10-8-11-21(3)23-12-9-13-24-22-14-15-26-32(5,25(22)16-17-31(23,24)4)18-19-33(6)27-28(38-35(26)33)30(37)34(7)29(27)36/h15,20-25,27-28H,8-14,16-19H2,1-7H3/t21?,22-,23+,24-,25-,27?,28?,31+,32+,33-/m0/s1. The summed E-state index contributed by atoms with van der Waals surface area (Å²) in [5.41, 5.74) is 1.39. The molecular formula is C33H52N2O3. The van der Waals surface area contributed by atoms with Crippen LogP contribution in [-0.4, -0.2) is 40.5 Å². The Labute approximate surface area is 231 Å². The van der Waals surface area contributed by atoms with Crippen molar-refractivity contribution in [3.05, 3.63) is 11.8 Å². The fraction of sp³-hybridized carbons (Fsp3) is 0.879. The lowest BCUT2D eigenvalue weighted by molar-refractivity contribution is -0.208. The molecule has 3 aliphatic carbocycles. The van der Waals surface area contributed by atoms with Crippen molar-refractivity contribution in [2.45, 2.75) is 124 Å². The number of carbonyl (C=O) groups is 2. The Morgan fingerprint density at radius 3 is 2.47 bits per heavy atom. The number of likely N-dealkylation sites (tertiary alicyclic amines) is 1. The van der Waals surface area contributed by atoms with Crippen LogP contribution in [0.2, 0.25) is 0 Å². The van der Waals surface area contributed by atoms with Crippen molar-refractivity contribution < 1.29 is 14.4 Å². The maximum Gasteiger partial charge on any atom is 0.261 e. The summed E-state index contributed by atoms with van der Waals surface area (Å²) in [6, 6.07) is 0. The van der Waals surface area contributed by atoms with Crippen LogP contribution in [-0.2, 0) is 14.4 Å². The first-order valence-electron chi connectivity index (χ1n) is 15.9. The number of imide groups is 1. The molecule has 0 radical (unpaired) electrons. The molecule has 0 bridgehead atoms. The van der Waals surface area contributed by atoms with Gasteiger partial charge in [-0.1, -0.05) is 66.4 Å². The summed E-state index contributed by atoms with van der Waals surface area (Å²) in [6.07, 6.45) is 16.0. The van der Waals surface area contributed by atoms with Crippen molar-refractivity contribution in [2.24, 2.45) is 52.3 Å². The molecule has 0 aromatic carbocycles. The van der Waals surface area contributed by atoms with E-state index >= 15 is 0 Å². The van der Waals surface area contributed by atoms with E-state index in [1.165, 1.54) is 62.0 Å². The number of hydroxylamine groups is 2. The highest BCUT2D eigenvalue weighted by molar-refractivity contribution is 6.07. The molecule has 3 heterocycles. The molecule has 0 N–H and O–H groups in total. The van der Waals surface area contributed by atoms with E-state index in [4.69, 9.17) is 4.84 Å². The maximum absolute atomic E-state index is 13.1. The van der Waals surface area contributed by atoms with E-state index in [0.29, 0.717) is 11.3 Å². The Hall–Kier alpha value is -1.36. The summed E-state index contributed by atoms with van der Waals surface area (Å²) in [6.45, 7) is 14.6. The number of fused-ring (bicyclic) bond motifs is 9. The molecule has 5 nitrogen and oxygen atoms in total. The molecule has 3 unspecified atom stereocenters. The fourth-order valence-electron chi connectivity index (χ4n) is 10.9. The minimum atomic E-state index is -0.649. The third kappa shape index (κ3) is 3.58. The number of hydrogen-bond acceptors (Lipinski definition) is 4. The summed E-state index contributed by atoms with van der Waals surface area (Å²) in [5, 5.41) is 2.08. The molecule has 5 fully saturated rings.